The molecule has 178 valence electrons. The van der Waals surface area contributed by atoms with Crippen molar-refractivity contribution in [2.24, 2.45) is 5.92 Å². The smallest absolute Gasteiger partial charge is 0.337 e. The number of hydrogen-bond donors (Lipinski definition) is 1. The Labute approximate surface area is 202 Å². The predicted octanol–water partition coefficient (Wildman–Crippen LogP) is 4.39. The van der Waals surface area contributed by atoms with Crippen LogP contribution < -0.4 is 0 Å². The molecular formula is C29H33NO4. The molecule has 1 fully saturated rings. The Balaban J connectivity index is 1.49. The molecule has 1 amide bonds. The third-order valence-electron chi connectivity index (χ3n) is 6.13. The van der Waals surface area contributed by atoms with Gasteiger partial charge in [0, 0.05) is 24.9 Å². The van der Waals surface area contributed by atoms with Gasteiger partial charge in [-0.05, 0) is 55.0 Å². The fraction of sp³-hybridized carbons (Fsp3) is 0.379. The Kier molecular flexibility index (Phi) is 9.49. The Morgan fingerprint density at radius 3 is 2.79 bits per heavy atom. The van der Waals surface area contributed by atoms with E-state index in [1.54, 1.807) is 6.07 Å². The number of aryl methyl sites for hydroxylation is 1. The zero-order chi connectivity index (χ0) is 24.3. The highest BCUT2D eigenvalue weighted by atomic mass is 16.5. The van der Waals surface area contributed by atoms with Gasteiger partial charge >= 0.3 is 5.97 Å². The van der Waals surface area contributed by atoms with Crippen molar-refractivity contribution in [1.82, 2.24) is 4.90 Å². The lowest BCUT2D eigenvalue weighted by Gasteiger charge is -2.23. The quantitative estimate of drug-likeness (QED) is 0.343. The molecule has 3 rings (SSSR count). The van der Waals surface area contributed by atoms with E-state index in [0.717, 1.165) is 30.4 Å². The minimum absolute atomic E-state index is 0.0000963. The first-order valence-electron chi connectivity index (χ1n) is 11.8. The first kappa shape index (κ1) is 25.3. The summed E-state index contributed by atoms with van der Waals surface area (Å²) < 4.78 is 4.78. The second-order valence-electron chi connectivity index (χ2n) is 8.71. The molecule has 34 heavy (non-hydrogen) atoms. The highest BCUT2D eigenvalue weighted by molar-refractivity contribution is 5.89. The number of benzene rings is 2. The van der Waals surface area contributed by atoms with Crippen LogP contribution in [0.4, 0.5) is 0 Å². The molecule has 1 N–H and O–H groups in total. The molecule has 0 spiro atoms. The van der Waals surface area contributed by atoms with E-state index in [1.165, 1.54) is 7.11 Å². The lowest BCUT2D eigenvalue weighted by molar-refractivity contribution is -0.128. The van der Waals surface area contributed by atoms with E-state index in [1.807, 2.05) is 72.5 Å². The van der Waals surface area contributed by atoms with Gasteiger partial charge in [0.05, 0.1) is 24.8 Å². The monoisotopic (exact) mass is 459 g/mol. The van der Waals surface area contributed by atoms with Crippen molar-refractivity contribution >= 4 is 11.9 Å². The second-order valence-corrected chi connectivity index (χ2v) is 8.71. The molecule has 0 radical (unpaired) electrons. The van der Waals surface area contributed by atoms with Crippen LogP contribution in [0.5, 0.6) is 0 Å². The topological polar surface area (TPSA) is 66.8 Å². The van der Waals surface area contributed by atoms with Gasteiger partial charge in [-0.1, -0.05) is 61.2 Å². The van der Waals surface area contributed by atoms with Crippen molar-refractivity contribution in [3.8, 4) is 11.8 Å². The summed E-state index contributed by atoms with van der Waals surface area (Å²) in [7, 11) is 1.37. The maximum absolute atomic E-state index is 12.4. The van der Waals surface area contributed by atoms with E-state index in [4.69, 9.17) is 4.74 Å². The van der Waals surface area contributed by atoms with Gasteiger partial charge in [-0.15, -0.1) is 0 Å². The summed E-state index contributed by atoms with van der Waals surface area (Å²) in [6.07, 6.45) is 6.63. The summed E-state index contributed by atoms with van der Waals surface area (Å²) in [6, 6.07) is 17.2. The average Bonchev–Trinajstić information content (AvgIpc) is 3.21. The van der Waals surface area contributed by atoms with E-state index >= 15 is 0 Å². The summed E-state index contributed by atoms with van der Waals surface area (Å²) in [5.41, 5.74) is 2.55. The highest BCUT2D eigenvalue weighted by Crippen LogP contribution is 2.22. The molecule has 0 bridgehead atoms. The maximum atomic E-state index is 12.4. The summed E-state index contributed by atoms with van der Waals surface area (Å²) in [5.74, 6) is 6.07. The zero-order valence-corrected chi connectivity index (χ0v) is 19.9. The number of nitrogens with zero attached hydrogens (tertiary/aromatic N) is 1. The number of carbonyl (C=O) groups is 2. The standard InChI is InChI=1S/C29H33NO4/c1-22(9-6-12-23-10-4-3-5-11-23)27(31)18-16-26-17-19-28(32)30(26)20-8-14-24-13-7-15-25(21-24)29(33)34-2/h3-5,7,10-11,13,15-16,18,21-22,26-27,31H,8-9,14,17,19-20H2,1-2H3/t22-,26-,27-/m0/s1. The molecule has 1 heterocycles. The fourth-order valence-electron chi connectivity index (χ4n) is 4.06. The summed E-state index contributed by atoms with van der Waals surface area (Å²) in [5, 5.41) is 10.5. The van der Waals surface area contributed by atoms with Crippen LogP contribution in [0.3, 0.4) is 0 Å². The number of hydrogen-bond acceptors (Lipinski definition) is 4. The molecule has 0 unspecified atom stereocenters. The van der Waals surface area contributed by atoms with Crippen LogP contribution in [-0.2, 0) is 16.0 Å². The fourth-order valence-corrected chi connectivity index (χ4v) is 4.06. The van der Waals surface area contributed by atoms with Gasteiger partial charge < -0.3 is 14.7 Å². The number of methoxy groups -OCH3 is 1. The summed E-state index contributed by atoms with van der Waals surface area (Å²) in [6.45, 7) is 2.62. The van der Waals surface area contributed by atoms with E-state index in [9.17, 15) is 14.7 Å². The number of rotatable bonds is 9. The van der Waals surface area contributed by atoms with Crippen molar-refractivity contribution in [2.75, 3.05) is 13.7 Å². The van der Waals surface area contributed by atoms with Crippen molar-refractivity contribution < 1.29 is 19.4 Å². The van der Waals surface area contributed by atoms with Gasteiger partial charge in [0.2, 0.25) is 5.91 Å². The molecule has 1 saturated heterocycles. The van der Waals surface area contributed by atoms with E-state index < -0.39 is 6.10 Å². The Hall–Kier alpha value is -3.36. The molecule has 2 aromatic carbocycles. The van der Waals surface area contributed by atoms with Gasteiger partial charge in [0.15, 0.2) is 0 Å². The third-order valence-corrected chi connectivity index (χ3v) is 6.13. The number of carbonyl (C=O) groups excluding carboxylic acids is 2. The van der Waals surface area contributed by atoms with Crippen LogP contribution in [0.15, 0.2) is 66.7 Å². The Morgan fingerprint density at radius 2 is 2.03 bits per heavy atom. The molecule has 3 atom stereocenters. The van der Waals surface area contributed by atoms with Crippen LogP contribution in [-0.4, -0.2) is 47.7 Å². The van der Waals surface area contributed by atoms with Gasteiger partial charge in [-0.2, -0.15) is 0 Å². The predicted molar refractivity (Wildman–Crippen MR) is 133 cm³/mol. The minimum Gasteiger partial charge on any atom is -0.465 e. The minimum atomic E-state index is -0.608. The number of ether oxygens (including phenoxy) is 1. The van der Waals surface area contributed by atoms with Crippen molar-refractivity contribution in [1.29, 1.82) is 0 Å². The first-order chi connectivity index (χ1) is 16.5. The van der Waals surface area contributed by atoms with Gasteiger partial charge in [0.1, 0.15) is 0 Å². The van der Waals surface area contributed by atoms with Gasteiger partial charge in [-0.25, -0.2) is 4.79 Å². The molecule has 0 saturated carbocycles. The van der Waals surface area contributed by atoms with Crippen LogP contribution >= 0.6 is 0 Å². The molecule has 1 aliphatic rings. The first-order valence-corrected chi connectivity index (χ1v) is 11.8. The van der Waals surface area contributed by atoms with Crippen LogP contribution in [0, 0.1) is 17.8 Å². The Bertz CT molecular complexity index is 1050. The van der Waals surface area contributed by atoms with Crippen molar-refractivity contribution in [3.63, 3.8) is 0 Å². The summed E-state index contributed by atoms with van der Waals surface area (Å²) in [4.78, 5) is 26.0. The number of aliphatic hydroxyl groups excluding tert-OH is 1. The molecule has 2 aromatic rings. The molecule has 5 heteroatoms. The van der Waals surface area contributed by atoms with E-state index in [2.05, 4.69) is 11.8 Å². The molecule has 0 aliphatic carbocycles. The zero-order valence-electron chi connectivity index (χ0n) is 19.9. The number of esters is 1. The van der Waals surface area contributed by atoms with E-state index in [-0.39, 0.29) is 23.8 Å². The highest BCUT2D eigenvalue weighted by Gasteiger charge is 2.28. The second kappa shape index (κ2) is 12.8. The molecule has 0 aromatic heterocycles. The lowest BCUT2D eigenvalue weighted by atomic mass is 9.99. The number of aliphatic hydroxyl groups is 1. The van der Waals surface area contributed by atoms with E-state index in [0.29, 0.717) is 24.9 Å². The van der Waals surface area contributed by atoms with Gasteiger partial charge in [-0.3, -0.25) is 4.79 Å². The van der Waals surface area contributed by atoms with Crippen LogP contribution in [0.1, 0.15) is 54.1 Å². The van der Waals surface area contributed by atoms with Crippen LogP contribution in [0.25, 0.3) is 0 Å². The number of amides is 1. The normalized spacial score (nSPS) is 17.3. The average molecular weight is 460 g/mol. The lowest BCUT2D eigenvalue weighted by Crippen LogP contribution is -2.33. The Morgan fingerprint density at radius 1 is 1.24 bits per heavy atom. The van der Waals surface area contributed by atoms with Gasteiger partial charge in [0.25, 0.3) is 0 Å². The maximum Gasteiger partial charge on any atom is 0.337 e. The third kappa shape index (κ3) is 7.33. The van der Waals surface area contributed by atoms with Crippen LogP contribution in [0.2, 0.25) is 0 Å². The van der Waals surface area contributed by atoms with Crippen molar-refractivity contribution in [3.05, 3.63) is 83.4 Å². The van der Waals surface area contributed by atoms with Crippen molar-refractivity contribution in [2.45, 2.75) is 51.2 Å². The molecule has 1 aliphatic heterocycles. The molecule has 5 nitrogen and oxygen atoms in total. The largest absolute Gasteiger partial charge is 0.465 e. The SMILES string of the molecule is COC(=O)c1cccc(CCCN2C(=O)CC[C@@H]2C=C[C@H](O)[C@@H](C)CC#Cc2ccccc2)c1. The summed E-state index contributed by atoms with van der Waals surface area (Å²) >= 11 is 0. The number of likely N-dealkylation sites (tertiary alicyclic amines) is 1. The molecular weight excluding hydrogens is 426 g/mol.